The van der Waals surface area contributed by atoms with Crippen molar-refractivity contribution in [2.75, 3.05) is 17.1 Å². The number of amides is 2. The van der Waals surface area contributed by atoms with Crippen molar-refractivity contribution < 1.29 is 22.4 Å². The summed E-state index contributed by atoms with van der Waals surface area (Å²) in [7, 11) is -3.66. The van der Waals surface area contributed by atoms with Crippen LogP contribution in [0.1, 0.15) is 44.7 Å². The molecule has 0 aliphatic rings. The number of carbonyl (C=O) groups is 2. The Balaban J connectivity index is 1.91. The van der Waals surface area contributed by atoms with Gasteiger partial charge >= 0.3 is 0 Å². The van der Waals surface area contributed by atoms with Crippen molar-refractivity contribution in [2.45, 2.75) is 58.2 Å². The van der Waals surface area contributed by atoms with Crippen molar-refractivity contribution >= 4 is 39.1 Å². The maximum absolute atomic E-state index is 14.8. The van der Waals surface area contributed by atoms with Gasteiger partial charge in [0, 0.05) is 42.1 Å². The highest BCUT2D eigenvalue weighted by Crippen LogP contribution is 2.23. The summed E-state index contributed by atoms with van der Waals surface area (Å²) in [6.07, 6.45) is 1.42. The SMILES string of the molecule is CC(C)(C)NC(=O)[C@H](Cc1ccccc1)N(Cc1ccccc1F)C(=O)CCCN(c1cccc(Cl)c1)S(C)(=O)=O. The topological polar surface area (TPSA) is 86.8 Å². The Kier molecular flexibility index (Phi) is 10.9. The number of rotatable bonds is 12. The summed E-state index contributed by atoms with van der Waals surface area (Å²) in [4.78, 5) is 28.8. The quantitative estimate of drug-likeness (QED) is 0.294. The lowest BCUT2D eigenvalue weighted by molar-refractivity contribution is -0.142. The van der Waals surface area contributed by atoms with E-state index in [1.165, 1.54) is 15.3 Å². The van der Waals surface area contributed by atoms with Crippen molar-refractivity contribution in [3.8, 4) is 0 Å². The van der Waals surface area contributed by atoms with E-state index in [0.29, 0.717) is 10.7 Å². The number of nitrogens with one attached hydrogen (secondary N) is 1. The molecule has 0 saturated heterocycles. The number of carbonyl (C=O) groups excluding carboxylic acids is 2. The van der Waals surface area contributed by atoms with Crippen LogP contribution in [0.4, 0.5) is 10.1 Å². The number of halogens is 2. The first-order chi connectivity index (χ1) is 19.2. The molecule has 0 aromatic heterocycles. The smallest absolute Gasteiger partial charge is 0.243 e. The molecule has 1 N–H and O–H groups in total. The van der Waals surface area contributed by atoms with E-state index in [2.05, 4.69) is 5.32 Å². The van der Waals surface area contributed by atoms with Crippen molar-refractivity contribution in [1.29, 1.82) is 0 Å². The number of benzene rings is 3. The predicted octanol–water partition coefficient (Wildman–Crippen LogP) is 5.58. The van der Waals surface area contributed by atoms with Crippen LogP contribution >= 0.6 is 11.6 Å². The van der Waals surface area contributed by atoms with Crippen LogP contribution in [-0.2, 0) is 32.6 Å². The number of hydrogen-bond donors (Lipinski definition) is 1. The molecule has 7 nitrogen and oxygen atoms in total. The first kappa shape index (κ1) is 32.1. The third-order valence-corrected chi connectivity index (χ3v) is 7.75. The molecule has 0 aliphatic carbocycles. The lowest BCUT2D eigenvalue weighted by atomic mass is 10.00. The number of nitrogens with zero attached hydrogens (tertiary/aromatic N) is 2. The second kappa shape index (κ2) is 14.0. The van der Waals surface area contributed by atoms with Gasteiger partial charge in [0.05, 0.1) is 11.9 Å². The molecule has 0 spiro atoms. The molecule has 220 valence electrons. The molecule has 0 bridgehead atoms. The second-order valence-electron chi connectivity index (χ2n) is 11.0. The number of anilines is 1. The van der Waals surface area contributed by atoms with Gasteiger partial charge in [0.15, 0.2) is 0 Å². The van der Waals surface area contributed by atoms with Crippen LogP contribution in [0, 0.1) is 5.82 Å². The van der Waals surface area contributed by atoms with E-state index in [9.17, 15) is 22.4 Å². The van der Waals surface area contributed by atoms with Gasteiger partial charge in [0.2, 0.25) is 21.8 Å². The minimum absolute atomic E-state index is 0.0238. The van der Waals surface area contributed by atoms with E-state index >= 15 is 0 Å². The Bertz CT molecular complexity index is 1440. The highest BCUT2D eigenvalue weighted by atomic mass is 35.5. The fourth-order valence-electron chi connectivity index (χ4n) is 4.45. The summed E-state index contributed by atoms with van der Waals surface area (Å²) in [6.45, 7) is 5.45. The fourth-order valence-corrected chi connectivity index (χ4v) is 5.59. The Morgan fingerprint density at radius 3 is 2.24 bits per heavy atom. The predicted molar refractivity (Wildman–Crippen MR) is 162 cm³/mol. The molecular weight excluding hydrogens is 565 g/mol. The average Bonchev–Trinajstić information content (AvgIpc) is 2.88. The molecule has 41 heavy (non-hydrogen) atoms. The minimum atomic E-state index is -3.66. The lowest BCUT2D eigenvalue weighted by Crippen LogP contribution is -2.54. The average molecular weight is 602 g/mol. The fraction of sp³-hybridized carbons (Fsp3) is 0.355. The molecule has 0 radical (unpaired) electrons. The Labute approximate surface area is 247 Å². The first-order valence-corrected chi connectivity index (χ1v) is 15.6. The summed E-state index contributed by atoms with van der Waals surface area (Å²) in [5.41, 5.74) is 0.949. The Morgan fingerprint density at radius 1 is 0.976 bits per heavy atom. The van der Waals surface area contributed by atoms with Gasteiger partial charge < -0.3 is 10.2 Å². The van der Waals surface area contributed by atoms with Gasteiger partial charge in [-0.2, -0.15) is 0 Å². The molecule has 2 amide bonds. The summed E-state index contributed by atoms with van der Waals surface area (Å²) >= 11 is 6.08. The van der Waals surface area contributed by atoms with Crippen LogP contribution in [-0.4, -0.2) is 49.5 Å². The van der Waals surface area contributed by atoms with Crippen LogP contribution in [0.5, 0.6) is 0 Å². The van der Waals surface area contributed by atoms with E-state index in [1.807, 2.05) is 51.1 Å². The summed E-state index contributed by atoms with van der Waals surface area (Å²) in [6, 6.07) is 21.0. The number of hydrogen-bond acceptors (Lipinski definition) is 4. The van der Waals surface area contributed by atoms with Gasteiger partial charge in [-0.1, -0.05) is 66.2 Å². The standard InChI is InChI=1S/C31H37ClFN3O4S/c1-31(2,3)34-30(38)28(20-23-12-6-5-7-13-23)35(22-24-14-8-9-17-27(24)33)29(37)18-11-19-36(41(4,39)40)26-16-10-15-25(32)21-26/h5-10,12-17,21,28H,11,18-20,22H2,1-4H3,(H,34,38)/t28-/m0/s1. The molecule has 3 rings (SSSR count). The zero-order valence-electron chi connectivity index (χ0n) is 23.8. The summed E-state index contributed by atoms with van der Waals surface area (Å²) in [5.74, 6) is -1.23. The lowest BCUT2D eigenvalue weighted by Gasteiger charge is -2.34. The molecule has 0 unspecified atom stereocenters. The molecule has 0 heterocycles. The third kappa shape index (κ3) is 9.86. The minimum Gasteiger partial charge on any atom is -0.350 e. The third-order valence-electron chi connectivity index (χ3n) is 6.32. The van der Waals surface area contributed by atoms with Gasteiger partial charge in [-0.05, 0) is 57.0 Å². The zero-order chi connectivity index (χ0) is 30.2. The van der Waals surface area contributed by atoms with Gasteiger partial charge in [0.1, 0.15) is 11.9 Å². The maximum Gasteiger partial charge on any atom is 0.243 e. The Hall–Kier alpha value is -3.43. The van der Waals surface area contributed by atoms with Gasteiger partial charge in [-0.15, -0.1) is 0 Å². The number of sulfonamides is 1. The van der Waals surface area contributed by atoms with Gasteiger partial charge in [-0.3, -0.25) is 13.9 Å². The normalized spacial score (nSPS) is 12.4. The van der Waals surface area contributed by atoms with E-state index in [0.717, 1.165) is 11.8 Å². The molecule has 0 fully saturated rings. The zero-order valence-corrected chi connectivity index (χ0v) is 25.4. The summed E-state index contributed by atoms with van der Waals surface area (Å²) in [5, 5.41) is 3.36. The van der Waals surface area contributed by atoms with Crippen LogP contribution in [0.15, 0.2) is 78.9 Å². The van der Waals surface area contributed by atoms with Crippen molar-refractivity contribution in [3.63, 3.8) is 0 Å². The van der Waals surface area contributed by atoms with E-state index < -0.39 is 33.3 Å². The van der Waals surface area contributed by atoms with E-state index in [1.54, 1.807) is 42.5 Å². The van der Waals surface area contributed by atoms with Crippen LogP contribution in [0.2, 0.25) is 5.02 Å². The molecule has 3 aromatic rings. The van der Waals surface area contributed by atoms with Crippen LogP contribution < -0.4 is 9.62 Å². The first-order valence-electron chi connectivity index (χ1n) is 13.4. The van der Waals surface area contributed by atoms with Crippen molar-refractivity contribution in [2.24, 2.45) is 0 Å². The van der Waals surface area contributed by atoms with Crippen molar-refractivity contribution in [1.82, 2.24) is 10.2 Å². The molecule has 0 aliphatic heterocycles. The molecular formula is C31H37ClFN3O4S. The van der Waals surface area contributed by atoms with Crippen molar-refractivity contribution in [3.05, 3.63) is 101 Å². The van der Waals surface area contributed by atoms with Gasteiger partial charge in [0.25, 0.3) is 0 Å². The van der Waals surface area contributed by atoms with E-state index in [4.69, 9.17) is 11.6 Å². The molecule has 10 heteroatoms. The van der Waals surface area contributed by atoms with Gasteiger partial charge in [-0.25, -0.2) is 12.8 Å². The largest absolute Gasteiger partial charge is 0.350 e. The highest BCUT2D eigenvalue weighted by molar-refractivity contribution is 7.92. The second-order valence-corrected chi connectivity index (χ2v) is 13.3. The molecule has 3 aromatic carbocycles. The summed E-state index contributed by atoms with van der Waals surface area (Å²) < 4.78 is 41.1. The molecule has 1 atom stereocenters. The van der Waals surface area contributed by atoms with E-state index in [-0.39, 0.29) is 43.8 Å². The highest BCUT2D eigenvalue weighted by Gasteiger charge is 2.32. The Morgan fingerprint density at radius 2 is 1.63 bits per heavy atom. The molecule has 0 saturated carbocycles. The monoisotopic (exact) mass is 601 g/mol. The van der Waals surface area contributed by atoms with Crippen LogP contribution in [0.25, 0.3) is 0 Å². The van der Waals surface area contributed by atoms with Crippen LogP contribution in [0.3, 0.4) is 0 Å². The maximum atomic E-state index is 14.8.